The molecule has 0 fully saturated rings. The lowest BCUT2D eigenvalue weighted by atomic mass is 10.1. The fourth-order valence-corrected chi connectivity index (χ4v) is 1.29. The van der Waals surface area contributed by atoms with Crippen LogP contribution < -0.4 is 0 Å². The molecule has 2 heterocycles. The van der Waals surface area contributed by atoms with E-state index in [0.717, 1.165) is 11.5 Å². The van der Waals surface area contributed by atoms with Gasteiger partial charge < -0.3 is 13.9 Å². The summed E-state index contributed by atoms with van der Waals surface area (Å²) in [6, 6.07) is 3.70. The fourth-order valence-electron chi connectivity index (χ4n) is 1.29. The number of oxazole rings is 1. The van der Waals surface area contributed by atoms with Gasteiger partial charge in [-0.15, -0.1) is 0 Å². The van der Waals surface area contributed by atoms with Crippen LogP contribution in [0.3, 0.4) is 0 Å². The van der Waals surface area contributed by atoms with E-state index >= 15 is 0 Å². The first-order valence-corrected chi connectivity index (χ1v) is 4.87. The lowest BCUT2D eigenvalue weighted by Crippen LogP contribution is -1.99. The first-order valence-electron chi connectivity index (χ1n) is 4.87. The summed E-state index contributed by atoms with van der Waals surface area (Å²) in [6.07, 6.45) is 3.75. The molecule has 15 heavy (non-hydrogen) atoms. The second kappa shape index (κ2) is 4.31. The highest BCUT2D eigenvalue weighted by atomic mass is 16.4. The van der Waals surface area contributed by atoms with Crippen molar-refractivity contribution in [2.24, 2.45) is 0 Å². The summed E-state index contributed by atoms with van der Waals surface area (Å²) < 4.78 is 10.5. The number of furan rings is 1. The molecular weight excluding hydrogens is 194 g/mol. The van der Waals surface area contributed by atoms with E-state index in [9.17, 15) is 0 Å². The fraction of sp³-hybridized carbons (Fsp3) is 0.364. The van der Waals surface area contributed by atoms with Crippen LogP contribution in [0.5, 0.6) is 0 Å². The van der Waals surface area contributed by atoms with Crippen molar-refractivity contribution >= 4 is 0 Å². The highest BCUT2D eigenvalue weighted by molar-refractivity contribution is 5.08. The van der Waals surface area contributed by atoms with Gasteiger partial charge in [0, 0.05) is 5.92 Å². The van der Waals surface area contributed by atoms with Crippen molar-refractivity contribution in [3.63, 3.8) is 0 Å². The molecule has 4 nitrogen and oxygen atoms in total. The van der Waals surface area contributed by atoms with E-state index in [-0.39, 0.29) is 12.5 Å². The van der Waals surface area contributed by atoms with E-state index in [1.165, 1.54) is 0 Å². The van der Waals surface area contributed by atoms with Gasteiger partial charge in [0.2, 0.25) is 5.89 Å². The molecule has 4 heteroatoms. The maximum atomic E-state index is 8.95. The van der Waals surface area contributed by atoms with Crippen LogP contribution in [0.4, 0.5) is 0 Å². The summed E-state index contributed by atoms with van der Waals surface area (Å²) >= 11 is 0. The van der Waals surface area contributed by atoms with Crippen molar-refractivity contribution < 1.29 is 13.9 Å². The second-order valence-electron chi connectivity index (χ2n) is 3.51. The van der Waals surface area contributed by atoms with Gasteiger partial charge in [-0.2, -0.15) is 0 Å². The summed E-state index contributed by atoms with van der Waals surface area (Å²) in [7, 11) is 0. The molecule has 2 aromatic heterocycles. The molecule has 0 radical (unpaired) electrons. The minimum absolute atomic E-state index is 0.0131. The number of aliphatic hydroxyl groups excluding tert-OH is 1. The van der Waals surface area contributed by atoms with Crippen LogP contribution in [0.25, 0.3) is 0 Å². The molecule has 0 aliphatic heterocycles. The van der Waals surface area contributed by atoms with Crippen LogP contribution in [0.1, 0.15) is 30.2 Å². The highest BCUT2D eigenvalue weighted by Gasteiger charge is 2.11. The molecule has 0 aliphatic carbocycles. The van der Waals surface area contributed by atoms with Crippen LogP contribution in [-0.4, -0.2) is 16.7 Å². The van der Waals surface area contributed by atoms with Crippen LogP contribution in [0.15, 0.2) is 33.5 Å². The van der Waals surface area contributed by atoms with Crippen LogP contribution in [0.2, 0.25) is 0 Å². The average Bonchev–Trinajstić information content (AvgIpc) is 2.88. The Kier molecular flexibility index (Phi) is 2.87. The van der Waals surface area contributed by atoms with Crippen LogP contribution in [0, 0.1) is 0 Å². The van der Waals surface area contributed by atoms with E-state index in [1.807, 2.05) is 19.1 Å². The molecule has 0 spiro atoms. The molecule has 0 saturated heterocycles. The minimum atomic E-state index is 0.0131. The topological polar surface area (TPSA) is 59.4 Å². The minimum Gasteiger partial charge on any atom is -0.469 e. The highest BCUT2D eigenvalue weighted by Crippen LogP contribution is 2.16. The maximum Gasteiger partial charge on any atom is 0.201 e. The summed E-state index contributed by atoms with van der Waals surface area (Å²) in [4.78, 5) is 4.27. The number of aromatic nitrogens is 1. The van der Waals surface area contributed by atoms with Crippen molar-refractivity contribution in [3.05, 3.63) is 42.0 Å². The third kappa shape index (κ3) is 2.27. The molecule has 1 atom stereocenters. The Bertz CT molecular complexity index is 405. The number of hydrogen-bond donors (Lipinski definition) is 1. The SMILES string of the molecule is CC(CO)c1coc(Cc2ccco2)n1. The predicted octanol–water partition coefficient (Wildman–Crippen LogP) is 1.95. The van der Waals surface area contributed by atoms with Crippen molar-refractivity contribution in [1.82, 2.24) is 4.98 Å². The van der Waals surface area contributed by atoms with E-state index in [2.05, 4.69) is 4.98 Å². The first kappa shape index (κ1) is 9.98. The normalized spacial score (nSPS) is 12.9. The van der Waals surface area contributed by atoms with E-state index in [1.54, 1.807) is 12.5 Å². The van der Waals surface area contributed by atoms with Gasteiger partial charge in [0.1, 0.15) is 12.0 Å². The smallest absolute Gasteiger partial charge is 0.201 e. The summed E-state index contributed by atoms with van der Waals surface area (Å²) in [6.45, 7) is 1.97. The first-order chi connectivity index (χ1) is 7.29. The monoisotopic (exact) mass is 207 g/mol. The van der Waals surface area contributed by atoms with Gasteiger partial charge in [0.05, 0.1) is 25.0 Å². The molecular formula is C11H13NO3. The summed E-state index contributed by atoms with van der Waals surface area (Å²) in [5.74, 6) is 1.44. The molecule has 80 valence electrons. The molecule has 1 N–H and O–H groups in total. The van der Waals surface area contributed by atoms with E-state index in [4.69, 9.17) is 13.9 Å². The Hall–Kier alpha value is -1.55. The standard InChI is InChI=1S/C11H13NO3/c1-8(6-13)10-7-15-11(12-10)5-9-3-2-4-14-9/h2-4,7-8,13H,5-6H2,1H3. The Morgan fingerprint density at radius 3 is 3.00 bits per heavy atom. The maximum absolute atomic E-state index is 8.95. The summed E-state index contributed by atoms with van der Waals surface area (Å²) in [5, 5.41) is 8.95. The van der Waals surface area contributed by atoms with Crippen molar-refractivity contribution in [3.8, 4) is 0 Å². The van der Waals surface area contributed by atoms with Crippen molar-refractivity contribution in [2.75, 3.05) is 6.61 Å². The Morgan fingerprint density at radius 1 is 1.47 bits per heavy atom. The van der Waals surface area contributed by atoms with E-state index < -0.39 is 0 Å². The number of rotatable bonds is 4. The summed E-state index contributed by atoms with van der Waals surface area (Å²) in [5.41, 5.74) is 0.777. The lowest BCUT2D eigenvalue weighted by Gasteiger charge is -1.99. The molecule has 0 bridgehead atoms. The Balaban J connectivity index is 2.07. The zero-order valence-electron chi connectivity index (χ0n) is 8.51. The zero-order chi connectivity index (χ0) is 10.7. The molecule has 0 aliphatic rings. The Morgan fingerprint density at radius 2 is 2.33 bits per heavy atom. The van der Waals surface area contributed by atoms with Gasteiger partial charge in [-0.25, -0.2) is 4.98 Å². The second-order valence-corrected chi connectivity index (χ2v) is 3.51. The predicted molar refractivity (Wildman–Crippen MR) is 53.5 cm³/mol. The van der Waals surface area contributed by atoms with Gasteiger partial charge in [0.25, 0.3) is 0 Å². The molecule has 0 aromatic carbocycles. The van der Waals surface area contributed by atoms with Crippen molar-refractivity contribution in [1.29, 1.82) is 0 Å². The lowest BCUT2D eigenvalue weighted by molar-refractivity contribution is 0.271. The zero-order valence-corrected chi connectivity index (χ0v) is 8.51. The van der Waals surface area contributed by atoms with Crippen LogP contribution >= 0.6 is 0 Å². The van der Waals surface area contributed by atoms with E-state index in [0.29, 0.717) is 12.3 Å². The van der Waals surface area contributed by atoms with Crippen molar-refractivity contribution in [2.45, 2.75) is 19.3 Å². The quantitative estimate of drug-likeness (QED) is 0.832. The number of nitrogens with zero attached hydrogens (tertiary/aromatic N) is 1. The third-order valence-electron chi connectivity index (χ3n) is 2.25. The Labute approximate surface area is 87.6 Å². The molecule has 2 rings (SSSR count). The van der Waals surface area contributed by atoms with Gasteiger partial charge in [0.15, 0.2) is 0 Å². The molecule has 0 saturated carbocycles. The molecule has 1 unspecified atom stereocenters. The average molecular weight is 207 g/mol. The van der Waals surface area contributed by atoms with Gasteiger partial charge in [-0.3, -0.25) is 0 Å². The van der Waals surface area contributed by atoms with Crippen LogP contribution in [-0.2, 0) is 6.42 Å². The third-order valence-corrected chi connectivity index (χ3v) is 2.25. The number of hydrogen-bond acceptors (Lipinski definition) is 4. The van der Waals surface area contributed by atoms with Gasteiger partial charge in [-0.1, -0.05) is 6.92 Å². The largest absolute Gasteiger partial charge is 0.469 e. The van der Waals surface area contributed by atoms with Gasteiger partial charge >= 0.3 is 0 Å². The number of aliphatic hydroxyl groups is 1. The van der Waals surface area contributed by atoms with Gasteiger partial charge in [-0.05, 0) is 12.1 Å². The molecule has 0 amide bonds. The molecule has 2 aromatic rings.